The van der Waals surface area contributed by atoms with E-state index in [4.69, 9.17) is 8.37 Å². The molecule has 0 amide bonds. The molecule has 1 spiro atoms. The smallest absolute Gasteiger partial charge is 0.184 e. The van der Waals surface area contributed by atoms with E-state index in [1.54, 1.807) is 20.7 Å². The highest BCUT2D eigenvalue weighted by molar-refractivity contribution is 8.29. The van der Waals surface area contributed by atoms with Crippen LogP contribution in [0.5, 0.6) is 11.5 Å². The second kappa shape index (κ2) is 10.3. The number of halogens is 4. The van der Waals surface area contributed by atoms with Gasteiger partial charge in [0.25, 0.3) is 0 Å². The fraction of sp³-hybridized carbons (Fsp3) is 0. The molecule has 0 fully saturated rings. The van der Waals surface area contributed by atoms with E-state index in [0.29, 0.717) is 11.4 Å². The first kappa shape index (κ1) is 27.2. The molecule has 0 radical (unpaired) electrons. The predicted octanol–water partition coefficient (Wildman–Crippen LogP) is 10.8. The van der Waals surface area contributed by atoms with Gasteiger partial charge in [-0.25, -0.2) is 17.6 Å². The molecule has 2 aliphatic heterocycles. The van der Waals surface area contributed by atoms with Crippen LogP contribution in [-0.4, -0.2) is 0 Å². The van der Waals surface area contributed by atoms with Gasteiger partial charge in [0.15, 0.2) is 34.8 Å². The van der Waals surface area contributed by atoms with Gasteiger partial charge in [0.2, 0.25) is 0 Å². The average Bonchev–Trinajstić information content (AvgIpc) is 3.54. The number of benzene rings is 6. The molecule has 9 heteroatoms. The van der Waals surface area contributed by atoms with Crippen LogP contribution in [0.4, 0.5) is 40.3 Å². The zero-order valence-corrected chi connectivity index (χ0v) is 24.1. The van der Waals surface area contributed by atoms with E-state index >= 15 is 0 Å². The Labute approximate surface area is 258 Å². The van der Waals surface area contributed by atoms with Crippen molar-refractivity contribution in [2.75, 3.05) is 8.61 Å². The maximum absolute atomic E-state index is 14.9. The Kier molecular flexibility index (Phi) is 6.25. The summed E-state index contributed by atoms with van der Waals surface area (Å²) in [5.74, 6) is -4.33. The molecule has 0 aliphatic carbocycles. The second-order valence-corrected chi connectivity index (χ2v) is 12.5. The molecule has 8 rings (SSSR count). The summed E-state index contributed by atoms with van der Waals surface area (Å²) in [5.41, 5.74) is 5.04. The zero-order chi connectivity index (χ0) is 30.7. The lowest BCUT2D eigenvalue weighted by Gasteiger charge is -2.47. The molecular weight excluding hydrogens is 600 g/mol. The van der Waals surface area contributed by atoms with E-state index in [0.717, 1.165) is 46.5 Å². The van der Waals surface area contributed by atoms with Gasteiger partial charge in [-0.05, 0) is 46.5 Å². The van der Waals surface area contributed by atoms with Crippen molar-refractivity contribution >= 4 is 33.7 Å². The summed E-state index contributed by atoms with van der Waals surface area (Å²) < 4.78 is 75.6. The molecule has 0 unspecified atom stereocenters. The Morgan fingerprint density at radius 2 is 0.778 bits per heavy atom. The summed E-state index contributed by atoms with van der Waals surface area (Å²) in [5, 5.41) is 0. The van der Waals surface area contributed by atoms with Crippen molar-refractivity contribution in [2.24, 2.45) is 0 Å². The third-order valence-electron chi connectivity index (χ3n) is 7.68. The molecule has 222 valence electrons. The van der Waals surface area contributed by atoms with Gasteiger partial charge >= 0.3 is 0 Å². The van der Waals surface area contributed by atoms with Crippen molar-refractivity contribution in [1.29, 1.82) is 0 Å². The van der Waals surface area contributed by atoms with Gasteiger partial charge in [-0.3, -0.25) is 0 Å². The summed E-state index contributed by atoms with van der Waals surface area (Å²) in [4.78, 5) is 0. The highest BCUT2D eigenvalue weighted by atomic mass is 32.3. The number of hydrogen-bond donors (Lipinski definition) is 0. The molecule has 0 atom stereocenters. The van der Waals surface area contributed by atoms with E-state index < -0.39 is 34.2 Å². The Morgan fingerprint density at radius 3 is 1.20 bits per heavy atom. The van der Waals surface area contributed by atoms with Crippen molar-refractivity contribution in [3.05, 3.63) is 157 Å². The second-order valence-electron chi connectivity index (χ2n) is 10.5. The zero-order valence-electron chi connectivity index (χ0n) is 23.3. The monoisotopic (exact) mass is 622 g/mol. The highest BCUT2D eigenvalue weighted by Crippen LogP contribution is 2.75. The van der Waals surface area contributed by atoms with Crippen LogP contribution in [0.3, 0.4) is 0 Å². The minimum absolute atomic E-state index is 0.0204. The van der Waals surface area contributed by atoms with Gasteiger partial charge in [-0.2, -0.15) is 8.61 Å². The first-order chi connectivity index (χ1) is 21.9. The SMILES string of the molecule is Fc1cc2c(cc1F)N(c1cccc(-c3ccccc3)c1)S1(O2)Oc2cc(F)c(F)cc2N1c1cccc(-c2ccccc2)c1. The lowest BCUT2D eigenvalue weighted by atomic mass is 10.1. The molecule has 0 saturated carbocycles. The molecule has 0 N–H and O–H groups in total. The fourth-order valence-electron chi connectivity index (χ4n) is 5.65. The predicted molar refractivity (Wildman–Crippen MR) is 170 cm³/mol. The summed E-state index contributed by atoms with van der Waals surface area (Å²) in [6.45, 7) is 0. The van der Waals surface area contributed by atoms with Gasteiger partial charge in [0.05, 0.1) is 22.3 Å². The quantitative estimate of drug-likeness (QED) is 0.183. The van der Waals surface area contributed by atoms with Gasteiger partial charge in [0.1, 0.15) is 11.4 Å². The maximum atomic E-state index is 14.9. The highest BCUT2D eigenvalue weighted by Gasteiger charge is 2.53. The molecule has 4 nitrogen and oxygen atoms in total. The van der Waals surface area contributed by atoms with Crippen molar-refractivity contribution in [3.63, 3.8) is 0 Å². The number of hydrogen-bond acceptors (Lipinski definition) is 4. The summed E-state index contributed by atoms with van der Waals surface area (Å²) in [6.07, 6.45) is 0. The normalized spacial score (nSPS) is 14.9. The molecule has 45 heavy (non-hydrogen) atoms. The van der Waals surface area contributed by atoms with Crippen LogP contribution in [-0.2, 0) is 0 Å². The summed E-state index contributed by atoms with van der Waals surface area (Å²) in [6, 6.07) is 38.3. The third-order valence-corrected chi connectivity index (χ3v) is 10.2. The van der Waals surface area contributed by atoms with Crippen LogP contribution in [0.1, 0.15) is 0 Å². The molecule has 2 heterocycles. The standard InChI is InChI=1S/C36H22F4N2O2S/c37-29-19-33-35(21-31(29)39)43-45(41(33)27-15-7-13-25(17-27)23-9-3-1-4-10-23)42(34-20-30(38)32(40)22-36(34)44-45)28-16-8-14-26(18-28)24-11-5-2-6-12-24/h1-22H. The number of rotatable bonds is 4. The Morgan fingerprint density at radius 1 is 0.400 bits per heavy atom. The lowest BCUT2D eigenvalue weighted by Crippen LogP contribution is -2.35. The van der Waals surface area contributed by atoms with Crippen molar-refractivity contribution in [1.82, 2.24) is 0 Å². The van der Waals surface area contributed by atoms with Crippen LogP contribution in [0, 0.1) is 23.3 Å². The lowest BCUT2D eigenvalue weighted by molar-refractivity contribution is 0.488. The number of nitrogens with zero attached hydrogens (tertiary/aromatic N) is 2. The van der Waals surface area contributed by atoms with Gasteiger partial charge in [-0.15, -0.1) is 0 Å². The number of fused-ring (bicyclic) bond motifs is 2. The van der Waals surface area contributed by atoms with Crippen molar-refractivity contribution < 1.29 is 25.9 Å². The van der Waals surface area contributed by atoms with Crippen LogP contribution in [0.15, 0.2) is 133 Å². The van der Waals surface area contributed by atoms with E-state index in [1.165, 1.54) is 0 Å². The van der Waals surface area contributed by atoms with Gasteiger partial charge < -0.3 is 8.37 Å². The van der Waals surface area contributed by atoms with E-state index in [2.05, 4.69) is 0 Å². The Bertz CT molecular complexity index is 1950. The minimum atomic E-state index is -3.30. The topological polar surface area (TPSA) is 24.9 Å². The van der Waals surface area contributed by atoms with Crippen molar-refractivity contribution in [3.8, 4) is 33.8 Å². The fourth-order valence-corrected chi connectivity index (χ4v) is 8.42. The van der Waals surface area contributed by atoms with Gasteiger partial charge in [-0.1, -0.05) is 84.9 Å². The first-order valence-corrected chi connectivity index (χ1v) is 15.4. The first-order valence-electron chi connectivity index (χ1n) is 14.0. The third kappa shape index (κ3) is 4.38. The Hall–Kier alpha value is -5.41. The average molecular weight is 623 g/mol. The molecule has 0 saturated heterocycles. The molecule has 6 aromatic carbocycles. The van der Waals surface area contributed by atoms with E-state index in [1.807, 2.05) is 97.1 Å². The molecule has 2 aliphatic rings. The van der Waals surface area contributed by atoms with Crippen LogP contribution in [0.2, 0.25) is 0 Å². The Balaban J connectivity index is 1.38. The molecular formula is C36H22F4N2O2S. The largest absolute Gasteiger partial charge is 0.345 e. The van der Waals surface area contributed by atoms with Crippen LogP contribution >= 0.6 is 11.0 Å². The summed E-state index contributed by atoms with van der Waals surface area (Å²) in [7, 11) is -3.30. The van der Waals surface area contributed by atoms with Crippen LogP contribution in [0.25, 0.3) is 22.3 Å². The van der Waals surface area contributed by atoms with E-state index in [9.17, 15) is 17.6 Å². The molecule has 0 bridgehead atoms. The molecule has 0 aromatic heterocycles. The summed E-state index contributed by atoms with van der Waals surface area (Å²) >= 11 is 0. The maximum Gasteiger partial charge on any atom is 0.184 e. The van der Waals surface area contributed by atoms with E-state index in [-0.39, 0.29) is 22.9 Å². The molecule has 6 aromatic rings. The van der Waals surface area contributed by atoms with Gasteiger partial charge in [0, 0.05) is 24.3 Å². The van der Waals surface area contributed by atoms with Crippen molar-refractivity contribution in [2.45, 2.75) is 0 Å². The van der Waals surface area contributed by atoms with Crippen LogP contribution < -0.4 is 17.0 Å². The minimum Gasteiger partial charge on any atom is -0.345 e. The number of anilines is 4.